The van der Waals surface area contributed by atoms with Gasteiger partial charge in [0.15, 0.2) is 6.10 Å². The molecule has 1 aliphatic heterocycles. The molecule has 7 nitrogen and oxygen atoms in total. The molecule has 132 valence electrons. The Balaban J connectivity index is 1.45. The summed E-state index contributed by atoms with van der Waals surface area (Å²) in [6.45, 7) is 5.37. The van der Waals surface area contributed by atoms with Gasteiger partial charge in [0.1, 0.15) is 11.6 Å². The van der Waals surface area contributed by atoms with E-state index < -0.39 is 0 Å². The summed E-state index contributed by atoms with van der Waals surface area (Å²) in [5.74, 6) is 4.36. The van der Waals surface area contributed by atoms with E-state index in [1.807, 2.05) is 0 Å². The van der Waals surface area contributed by atoms with Gasteiger partial charge in [-0.1, -0.05) is 0 Å². The van der Waals surface area contributed by atoms with Gasteiger partial charge in [0.05, 0.1) is 12.6 Å². The van der Waals surface area contributed by atoms with Gasteiger partial charge in [-0.05, 0) is 32.6 Å². The molecule has 0 N–H and O–H groups in total. The second-order valence-electron chi connectivity index (χ2n) is 7.56. The van der Waals surface area contributed by atoms with Crippen molar-refractivity contribution in [3.05, 3.63) is 29.4 Å². The maximum Gasteiger partial charge on any atom is 0.247 e. The van der Waals surface area contributed by atoms with Crippen molar-refractivity contribution < 1.29 is 9.15 Å². The fourth-order valence-corrected chi connectivity index (χ4v) is 3.46. The highest BCUT2D eigenvalue weighted by Gasteiger charge is 2.34. The van der Waals surface area contributed by atoms with Crippen LogP contribution < -0.4 is 4.90 Å². The lowest BCUT2D eigenvalue weighted by molar-refractivity contribution is -0.0314. The first-order valence-electron chi connectivity index (χ1n) is 9.25. The summed E-state index contributed by atoms with van der Waals surface area (Å²) in [6, 6.07) is 2.18. The summed E-state index contributed by atoms with van der Waals surface area (Å²) in [7, 11) is 0. The third-order valence-electron chi connectivity index (χ3n) is 5.09. The molecule has 2 saturated carbocycles. The van der Waals surface area contributed by atoms with E-state index in [1.165, 1.54) is 31.4 Å². The fourth-order valence-electron chi connectivity index (χ4n) is 3.46. The minimum absolute atomic E-state index is 0.0784. The smallest absolute Gasteiger partial charge is 0.247 e. The molecule has 2 aromatic heterocycles. The molecule has 3 aliphatic rings. The Morgan fingerprint density at radius 3 is 2.52 bits per heavy atom. The third-order valence-corrected chi connectivity index (χ3v) is 5.09. The number of anilines is 1. The Hall–Kier alpha value is -2.02. The van der Waals surface area contributed by atoms with Crippen LogP contribution in [0, 0.1) is 6.92 Å². The van der Waals surface area contributed by atoms with E-state index >= 15 is 0 Å². The monoisotopic (exact) mass is 341 g/mol. The highest BCUT2D eigenvalue weighted by atomic mass is 16.5. The zero-order valence-electron chi connectivity index (χ0n) is 14.7. The third kappa shape index (κ3) is 3.13. The topological polar surface area (TPSA) is 77.2 Å². The van der Waals surface area contributed by atoms with Gasteiger partial charge in [-0.2, -0.15) is 0 Å². The van der Waals surface area contributed by atoms with E-state index in [0.717, 1.165) is 18.2 Å². The molecule has 0 bridgehead atoms. The lowest BCUT2D eigenvalue weighted by Crippen LogP contribution is -2.43. The van der Waals surface area contributed by atoms with Gasteiger partial charge in [-0.15, -0.1) is 10.2 Å². The molecule has 0 radical (unpaired) electrons. The Morgan fingerprint density at radius 2 is 1.84 bits per heavy atom. The summed E-state index contributed by atoms with van der Waals surface area (Å²) >= 11 is 0. The maximum absolute atomic E-state index is 6.04. The van der Waals surface area contributed by atoms with Crippen LogP contribution in [0.25, 0.3) is 0 Å². The predicted octanol–water partition coefficient (Wildman–Crippen LogP) is 2.89. The van der Waals surface area contributed by atoms with E-state index in [1.54, 1.807) is 6.92 Å². The van der Waals surface area contributed by atoms with Crippen LogP contribution in [0.15, 0.2) is 10.5 Å². The van der Waals surface area contributed by atoms with Crippen LogP contribution >= 0.6 is 0 Å². The largest absolute Gasteiger partial charge is 0.423 e. The van der Waals surface area contributed by atoms with Crippen molar-refractivity contribution in [1.82, 2.24) is 20.2 Å². The molecule has 3 fully saturated rings. The molecule has 0 aromatic carbocycles. The number of ether oxygens (including phenoxy) is 1. The van der Waals surface area contributed by atoms with Crippen LogP contribution in [0.4, 0.5) is 5.82 Å². The molecular formula is C18H23N5O2. The first-order chi connectivity index (χ1) is 12.2. The van der Waals surface area contributed by atoms with Gasteiger partial charge in [-0.25, -0.2) is 9.97 Å². The van der Waals surface area contributed by atoms with Gasteiger partial charge in [0.25, 0.3) is 0 Å². The molecule has 7 heteroatoms. The van der Waals surface area contributed by atoms with Crippen molar-refractivity contribution >= 4 is 5.82 Å². The van der Waals surface area contributed by atoms with Crippen molar-refractivity contribution in [2.45, 2.75) is 63.6 Å². The second-order valence-corrected chi connectivity index (χ2v) is 7.56. The van der Waals surface area contributed by atoms with Crippen molar-refractivity contribution in [2.75, 3.05) is 18.0 Å². The summed E-state index contributed by atoms with van der Waals surface area (Å²) in [6.07, 6.45) is 4.81. The number of rotatable bonds is 4. The lowest BCUT2D eigenvalue weighted by Gasteiger charge is -2.36. The highest BCUT2D eigenvalue weighted by Crippen LogP contribution is 2.43. The first kappa shape index (κ1) is 15.3. The van der Waals surface area contributed by atoms with Gasteiger partial charge < -0.3 is 14.1 Å². The molecule has 0 spiro atoms. The van der Waals surface area contributed by atoms with E-state index in [0.29, 0.717) is 30.2 Å². The molecule has 2 atom stereocenters. The molecule has 2 aromatic rings. The molecule has 2 aliphatic carbocycles. The van der Waals surface area contributed by atoms with Gasteiger partial charge in [0.2, 0.25) is 11.8 Å². The van der Waals surface area contributed by atoms with E-state index in [9.17, 15) is 0 Å². The van der Waals surface area contributed by atoms with Crippen LogP contribution in [-0.4, -0.2) is 39.4 Å². The molecule has 0 unspecified atom stereocenters. The maximum atomic E-state index is 6.04. The van der Waals surface area contributed by atoms with Crippen molar-refractivity contribution in [2.24, 2.45) is 0 Å². The summed E-state index contributed by atoms with van der Waals surface area (Å²) in [5.41, 5.74) is 1.22. The average molecular weight is 341 g/mol. The minimum atomic E-state index is -0.214. The number of hydrogen-bond donors (Lipinski definition) is 0. The van der Waals surface area contributed by atoms with Crippen molar-refractivity contribution in [3.63, 3.8) is 0 Å². The summed E-state index contributed by atoms with van der Waals surface area (Å²) in [4.78, 5) is 12.0. The Morgan fingerprint density at radius 1 is 1.04 bits per heavy atom. The Labute approximate surface area is 146 Å². The lowest BCUT2D eigenvalue weighted by atomic mass is 10.2. The van der Waals surface area contributed by atoms with E-state index in [-0.39, 0.29) is 12.2 Å². The van der Waals surface area contributed by atoms with E-state index in [4.69, 9.17) is 19.1 Å². The predicted molar refractivity (Wildman–Crippen MR) is 90.5 cm³/mol. The van der Waals surface area contributed by atoms with Gasteiger partial charge in [-0.3, -0.25) is 0 Å². The number of aromatic nitrogens is 4. The van der Waals surface area contributed by atoms with Crippen LogP contribution in [-0.2, 0) is 4.74 Å². The Bertz CT molecular complexity index is 753. The average Bonchev–Trinajstić information content (AvgIpc) is 3.52. The molecular weight excluding hydrogens is 318 g/mol. The zero-order valence-corrected chi connectivity index (χ0v) is 14.7. The molecule has 5 rings (SSSR count). The highest BCUT2D eigenvalue weighted by molar-refractivity contribution is 5.43. The molecule has 25 heavy (non-hydrogen) atoms. The SMILES string of the molecule is Cc1nnc([C@H]2CN(c3cc(C4CC4)nc(C4CC4)n3)C[C@@H](C)O2)o1. The fraction of sp³-hybridized carbons (Fsp3) is 0.667. The number of nitrogens with zero attached hydrogens (tertiary/aromatic N) is 5. The second kappa shape index (κ2) is 5.76. The van der Waals surface area contributed by atoms with Crippen molar-refractivity contribution in [1.29, 1.82) is 0 Å². The normalized spacial score (nSPS) is 26.9. The summed E-state index contributed by atoms with van der Waals surface area (Å²) in [5, 5.41) is 8.08. The minimum Gasteiger partial charge on any atom is -0.423 e. The number of hydrogen-bond acceptors (Lipinski definition) is 7. The van der Waals surface area contributed by atoms with Crippen molar-refractivity contribution in [3.8, 4) is 0 Å². The number of morpholine rings is 1. The van der Waals surface area contributed by atoms with Crippen LogP contribution in [0.5, 0.6) is 0 Å². The van der Waals surface area contributed by atoms with E-state index in [2.05, 4.69) is 28.1 Å². The summed E-state index contributed by atoms with van der Waals surface area (Å²) < 4.78 is 11.6. The van der Waals surface area contributed by atoms with Crippen LogP contribution in [0.1, 0.15) is 73.8 Å². The van der Waals surface area contributed by atoms with Gasteiger partial charge in [0, 0.05) is 37.1 Å². The van der Waals surface area contributed by atoms with Crippen LogP contribution in [0.2, 0.25) is 0 Å². The Kier molecular flexibility index (Phi) is 3.51. The standard InChI is InChI=1S/C18H23N5O2/c1-10-8-23(9-15(24-10)18-22-21-11(2)25-18)16-7-14(12-3-4-12)19-17(20-16)13-5-6-13/h7,10,12-13,15H,3-6,8-9H2,1-2H3/t10-,15-/m1/s1. The molecule has 3 heterocycles. The zero-order chi connectivity index (χ0) is 17.0. The molecule has 1 saturated heterocycles. The quantitative estimate of drug-likeness (QED) is 0.846. The number of aryl methyl sites for hydroxylation is 1. The van der Waals surface area contributed by atoms with Gasteiger partial charge >= 0.3 is 0 Å². The molecule has 0 amide bonds. The first-order valence-corrected chi connectivity index (χ1v) is 9.25. The van der Waals surface area contributed by atoms with Crippen LogP contribution in [0.3, 0.4) is 0 Å².